The molecule has 0 saturated heterocycles. The Bertz CT molecular complexity index is 941. The zero-order valence-corrected chi connectivity index (χ0v) is 18.1. The molecule has 0 fully saturated rings. The van der Waals surface area contributed by atoms with Crippen LogP contribution in [0, 0.1) is 5.82 Å². The molecule has 1 heterocycles. The van der Waals surface area contributed by atoms with Gasteiger partial charge in [-0.2, -0.15) is 0 Å². The number of guanidine groups is 1. The predicted octanol–water partition coefficient (Wildman–Crippen LogP) is 3.46. The number of carbonyl (C=O) groups excluding carboxylic acids is 1. The maximum atomic E-state index is 13.5. The van der Waals surface area contributed by atoms with Crippen molar-refractivity contribution in [2.24, 2.45) is 4.99 Å². The van der Waals surface area contributed by atoms with Gasteiger partial charge < -0.3 is 25.4 Å². The largest absolute Gasteiger partial charge is 0.490 e. The SMILES string of the molecule is CC(C)(C)NC(=O)CNC(=NCc1cccc(F)c1)Nc1ccc2c(c1)OCCCO2. The normalized spacial score (nSPS) is 13.9. The third-order valence-electron chi connectivity index (χ3n) is 4.25. The topological polar surface area (TPSA) is 84.0 Å². The van der Waals surface area contributed by atoms with E-state index in [4.69, 9.17) is 9.47 Å². The van der Waals surface area contributed by atoms with Crippen LogP contribution in [0.4, 0.5) is 10.1 Å². The van der Waals surface area contributed by atoms with Crippen molar-refractivity contribution in [1.29, 1.82) is 0 Å². The number of hydrogen-bond acceptors (Lipinski definition) is 4. The molecule has 8 heteroatoms. The molecule has 3 rings (SSSR count). The third-order valence-corrected chi connectivity index (χ3v) is 4.25. The fourth-order valence-electron chi connectivity index (χ4n) is 2.95. The van der Waals surface area contributed by atoms with Crippen molar-refractivity contribution in [3.8, 4) is 11.5 Å². The highest BCUT2D eigenvalue weighted by atomic mass is 19.1. The molecule has 3 N–H and O–H groups in total. The third kappa shape index (κ3) is 7.47. The minimum absolute atomic E-state index is 0.0385. The number of nitrogens with one attached hydrogen (secondary N) is 3. The lowest BCUT2D eigenvalue weighted by Crippen LogP contribution is -2.46. The van der Waals surface area contributed by atoms with Gasteiger partial charge in [0.1, 0.15) is 5.82 Å². The Morgan fingerprint density at radius 3 is 2.61 bits per heavy atom. The molecule has 166 valence electrons. The fraction of sp³-hybridized carbons (Fsp3) is 0.391. The van der Waals surface area contributed by atoms with Gasteiger partial charge in [0.15, 0.2) is 17.5 Å². The van der Waals surface area contributed by atoms with Gasteiger partial charge in [-0.05, 0) is 50.6 Å². The highest BCUT2D eigenvalue weighted by molar-refractivity contribution is 5.96. The molecular formula is C23H29FN4O3. The number of carbonyl (C=O) groups is 1. The second-order valence-electron chi connectivity index (χ2n) is 8.28. The second kappa shape index (κ2) is 10.1. The summed E-state index contributed by atoms with van der Waals surface area (Å²) in [5.74, 6) is 1.26. The van der Waals surface area contributed by atoms with Crippen LogP contribution in [0.25, 0.3) is 0 Å². The molecule has 2 aromatic carbocycles. The molecular weight excluding hydrogens is 399 g/mol. The van der Waals surface area contributed by atoms with E-state index in [9.17, 15) is 9.18 Å². The quantitative estimate of drug-likeness (QED) is 0.502. The smallest absolute Gasteiger partial charge is 0.239 e. The van der Waals surface area contributed by atoms with E-state index in [1.165, 1.54) is 12.1 Å². The number of fused-ring (bicyclic) bond motifs is 1. The van der Waals surface area contributed by atoms with E-state index < -0.39 is 0 Å². The van der Waals surface area contributed by atoms with Gasteiger partial charge in [-0.1, -0.05) is 12.1 Å². The van der Waals surface area contributed by atoms with Crippen LogP contribution >= 0.6 is 0 Å². The molecule has 31 heavy (non-hydrogen) atoms. The summed E-state index contributed by atoms with van der Waals surface area (Å²) in [4.78, 5) is 16.7. The number of anilines is 1. The summed E-state index contributed by atoms with van der Waals surface area (Å²) < 4.78 is 24.9. The number of aliphatic imine (C=N–C) groups is 1. The fourth-order valence-corrected chi connectivity index (χ4v) is 2.95. The Labute approximate surface area is 182 Å². The summed E-state index contributed by atoms with van der Waals surface area (Å²) in [7, 11) is 0. The lowest BCUT2D eigenvalue weighted by molar-refractivity contribution is -0.121. The van der Waals surface area contributed by atoms with E-state index in [1.54, 1.807) is 12.1 Å². The Hall–Kier alpha value is -3.29. The lowest BCUT2D eigenvalue weighted by atomic mass is 10.1. The number of ether oxygens (including phenoxy) is 2. The standard InChI is InChI=1S/C23H29FN4O3/c1-23(2,3)28-21(29)15-26-22(25-14-16-6-4-7-17(24)12-16)27-18-8-9-19-20(13-18)31-11-5-10-30-19/h4,6-9,12-13H,5,10-11,14-15H2,1-3H3,(H,28,29)(H2,25,26,27). The van der Waals surface area contributed by atoms with E-state index in [1.807, 2.05) is 39.0 Å². The van der Waals surface area contributed by atoms with E-state index in [0.717, 1.165) is 17.7 Å². The van der Waals surface area contributed by atoms with Gasteiger partial charge in [-0.3, -0.25) is 4.79 Å². The molecule has 0 saturated carbocycles. The van der Waals surface area contributed by atoms with Crippen LogP contribution in [-0.4, -0.2) is 37.2 Å². The first-order valence-electron chi connectivity index (χ1n) is 10.3. The zero-order valence-electron chi connectivity index (χ0n) is 18.1. The van der Waals surface area contributed by atoms with Crippen molar-refractivity contribution >= 4 is 17.6 Å². The first-order valence-corrected chi connectivity index (χ1v) is 10.3. The zero-order chi connectivity index (χ0) is 22.3. The molecule has 0 radical (unpaired) electrons. The average Bonchev–Trinajstić information content (AvgIpc) is 2.94. The number of amides is 1. The van der Waals surface area contributed by atoms with Crippen LogP contribution in [0.5, 0.6) is 11.5 Å². The van der Waals surface area contributed by atoms with Gasteiger partial charge >= 0.3 is 0 Å². The first kappa shape index (κ1) is 22.4. The molecule has 0 aromatic heterocycles. The minimum Gasteiger partial charge on any atom is -0.490 e. The Balaban J connectivity index is 1.73. The van der Waals surface area contributed by atoms with E-state index in [2.05, 4.69) is 20.9 Å². The van der Waals surface area contributed by atoms with Gasteiger partial charge in [0, 0.05) is 23.7 Å². The van der Waals surface area contributed by atoms with Gasteiger partial charge in [-0.25, -0.2) is 9.38 Å². The molecule has 0 atom stereocenters. The van der Waals surface area contributed by atoms with Crippen molar-refractivity contribution in [3.63, 3.8) is 0 Å². The van der Waals surface area contributed by atoms with E-state index >= 15 is 0 Å². The minimum atomic E-state index is -0.334. The molecule has 1 amide bonds. The van der Waals surface area contributed by atoms with Crippen LogP contribution in [0.15, 0.2) is 47.5 Å². The average molecular weight is 429 g/mol. The van der Waals surface area contributed by atoms with E-state index in [0.29, 0.717) is 30.7 Å². The molecule has 2 aromatic rings. The Morgan fingerprint density at radius 2 is 1.87 bits per heavy atom. The monoisotopic (exact) mass is 428 g/mol. The summed E-state index contributed by atoms with van der Waals surface area (Å²) in [5.41, 5.74) is 1.12. The summed E-state index contributed by atoms with van der Waals surface area (Å²) in [6.45, 7) is 7.24. The van der Waals surface area contributed by atoms with Crippen molar-refractivity contribution in [2.75, 3.05) is 25.1 Å². The van der Waals surface area contributed by atoms with E-state index in [-0.39, 0.29) is 30.4 Å². The number of hydrogen-bond donors (Lipinski definition) is 3. The molecule has 0 spiro atoms. The second-order valence-corrected chi connectivity index (χ2v) is 8.28. The van der Waals surface area contributed by atoms with Crippen molar-refractivity contribution in [2.45, 2.75) is 39.3 Å². The number of benzene rings is 2. The molecule has 1 aliphatic heterocycles. The van der Waals surface area contributed by atoms with Crippen molar-refractivity contribution in [1.82, 2.24) is 10.6 Å². The Kier molecular flexibility index (Phi) is 7.33. The summed E-state index contributed by atoms with van der Waals surface area (Å²) >= 11 is 0. The number of halogens is 1. The van der Waals surface area contributed by atoms with Gasteiger partial charge in [0.25, 0.3) is 0 Å². The van der Waals surface area contributed by atoms with Crippen LogP contribution in [0.1, 0.15) is 32.8 Å². The first-order chi connectivity index (χ1) is 14.8. The summed E-state index contributed by atoms with van der Waals surface area (Å²) in [6, 6.07) is 11.8. The Morgan fingerprint density at radius 1 is 1.10 bits per heavy atom. The summed E-state index contributed by atoms with van der Waals surface area (Å²) in [5, 5.41) is 9.11. The molecule has 0 bridgehead atoms. The molecule has 0 aliphatic carbocycles. The molecule has 0 unspecified atom stereocenters. The van der Waals surface area contributed by atoms with Gasteiger partial charge in [0.2, 0.25) is 5.91 Å². The highest BCUT2D eigenvalue weighted by Gasteiger charge is 2.15. The highest BCUT2D eigenvalue weighted by Crippen LogP contribution is 2.32. The van der Waals surface area contributed by atoms with Gasteiger partial charge in [0.05, 0.1) is 26.3 Å². The lowest BCUT2D eigenvalue weighted by Gasteiger charge is -2.21. The molecule has 7 nitrogen and oxygen atoms in total. The van der Waals surface area contributed by atoms with Crippen LogP contribution in [-0.2, 0) is 11.3 Å². The van der Waals surface area contributed by atoms with Crippen LogP contribution in [0.2, 0.25) is 0 Å². The maximum absolute atomic E-state index is 13.5. The molecule has 1 aliphatic rings. The van der Waals surface area contributed by atoms with Crippen LogP contribution < -0.4 is 25.4 Å². The van der Waals surface area contributed by atoms with Crippen molar-refractivity contribution < 1.29 is 18.7 Å². The number of nitrogens with zero attached hydrogens (tertiary/aromatic N) is 1. The number of rotatable bonds is 5. The maximum Gasteiger partial charge on any atom is 0.239 e. The van der Waals surface area contributed by atoms with Crippen LogP contribution in [0.3, 0.4) is 0 Å². The van der Waals surface area contributed by atoms with Gasteiger partial charge in [-0.15, -0.1) is 0 Å². The predicted molar refractivity (Wildman–Crippen MR) is 119 cm³/mol. The van der Waals surface area contributed by atoms with Crippen molar-refractivity contribution in [3.05, 3.63) is 53.8 Å². The summed E-state index contributed by atoms with van der Waals surface area (Å²) in [6.07, 6.45) is 0.822.